The van der Waals surface area contributed by atoms with Crippen molar-refractivity contribution in [1.29, 1.82) is 0 Å². The fraction of sp³-hybridized carbons (Fsp3) is 0.538. The third kappa shape index (κ3) is 3.05. The molecular weight excluding hydrogens is 259 g/mol. The molecule has 0 unspecified atom stereocenters. The molecule has 0 aromatic carbocycles. The molecular formula is C13H14F3NO2. The van der Waals surface area contributed by atoms with Crippen molar-refractivity contribution >= 4 is 5.78 Å². The summed E-state index contributed by atoms with van der Waals surface area (Å²) in [6.07, 6.45) is -1.36. The van der Waals surface area contributed by atoms with Crippen LogP contribution in [0.15, 0.2) is 23.0 Å². The van der Waals surface area contributed by atoms with E-state index in [9.17, 15) is 22.8 Å². The number of pyridine rings is 1. The number of ketones is 1. The molecule has 0 saturated heterocycles. The van der Waals surface area contributed by atoms with Gasteiger partial charge in [0.15, 0.2) is 5.78 Å². The van der Waals surface area contributed by atoms with Crippen LogP contribution in [0, 0.1) is 5.92 Å². The number of carbonyl (C=O) groups excluding carboxylic acids is 1. The van der Waals surface area contributed by atoms with E-state index >= 15 is 0 Å². The monoisotopic (exact) mass is 273 g/mol. The maximum atomic E-state index is 12.8. The fourth-order valence-corrected chi connectivity index (χ4v) is 2.46. The fourth-order valence-electron chi connectivity index (χ4n) is 2.46. The quantitative estimate of drug-likeness (QED) is 0.849. The Bertz CT molecular complexity index is 527. The number of carbonyl (C=O) groups is 1. The molecule has 0 amide bonds. The van der Waals surface area contributed by atoms with Crippen molar-refractivity contribution in [3.63, 3.8) is 0 Å². The molecule has 1 saturated carbocycles. The Morgan fingerprint density at radius 1 is 1.26 bits per heavy atom. The van der Waals surface area contributed by atoms with Crippen LogP contribution in [-0.4, -0.2) is 10.4 Å². The van der Waals surface area contributed by atoms with Gasteiger partial charge in [0.2, 0.25) is 0 Å². The van der Waals surface area contributed by atoms with Gasteiger partial charge in [-0.3, -0.25) is 14.2 Å². The first-order valence-corrected chi connectivity index (χ1v) is 6.19. The van der Waals surface area contributed by atoms with Crippen LogP contribution >= 0.6 is 0 Å². The van der Waals surface area contributed by atoms with Gasteiger partial charge in [-0.2, -0.15) is 13.2 Å². The standard InChI is InChI=1S/C13H14F3NO2/c14-13(15,16)11-6-3-7-12(19)17(11)8-10(18)9-4-1-2-5-9/h3,6-7,9H,1-2,4-5,8H2. The zero-order valence-electron chi connectivity index (χ0n) is 10.2. The van der Waals surface area contributed by atoms with Crippen molar-refractivity contribution in [1.82, 2.24) is 4.57 Å². The molecule has 1 heterocycles. The second-order valence-electron chi connectivity index (χ2n) is 4.78. The Morgan fingerprint density at radius 2 is 1.89 bits per heavy atom. The van der Waals surface area contributed by atoms with Gasteiger partial charge >= 0.3 is 6.18 Å². The minimum absolute atomic E-state index is 0.201. The first-order valence-electron chi connectivity index (χ1n) is 6.19. The number of Topliss-reactive ketones (excluding diaryl/α,β-unsaturated/α-hetero) is 1. The summed E-state index contributed by atoms with van der Waals surface area (Å²) in [5.74, 6) is -0.482. The van der Waals surface area contributed by atoms with Crippen molar-refractivity contribution < 1.29 is 18.0 Å². The minimum atomic E-state index is -4.63. The van der Waals surface area contributed by atoms with Crippen molar-refractivity contribution in [3.8, 4) is 0 Å². The van der Waals surface area contributed by atoms with Crippen LogP contribution in [0.2, 0.25) is 0 Å². The van der Waals surface area contributed by atoms with E-state index in [0.29, 0.717) is 17.4 Å². The van der Waals surface area contributed by atoms with E-state index in [1.54, 1.807) is 0 Å². The van der Waals surface area contributed by atoms with E-state index in [2.05, 4.69) is 0 Å². The number of nitrogens with zero attached hydrogens (tertiary/aromatic N) is 1. The number of halogens is 3. The molecule has 104 valence electrons. The van der Waals surface area contributed by atoms with Crippen LogP contribution in [0.25, 0.3) is 0 Å². The van der Waals surface area contributed by atoms with Crippen molar-refractivity contribution in [2.75, 3.05) is 0 Å². The summed E-state index contributed by atoms with van der Waals surface area (Å²) in [5.41, 5.74) is -1.85. The molecule has 0 atom stereocenters. The Kier molecular flexibility index (Phi) is 3.78. The van der Waals surface area contributed by atoms with E-state index in [0.717, 1.165) is 31.0 Å². The molecule has 0 radical (unpaired) electrons. The molecule has 1 aromatic rings. The topological polar surface area (TPSA) is 39.1 Å². The largest absolute Gasteiger partial charge is 0.431 e. The Morgan fingerprint density at radius 3 is 2.47 bits per heavy atom. The molecule has 3 nitrogen and oxygen atoms in total. The Labute approximate surface area is 108 Å². The number of hydrogen-bond acceptors (Lipinski definition) is 2. The van der Waals surface area contributed by atoms with Gasteiger partial charge in [-0.15, -0.1) is 0 Å². The first-order chi connectivity index (χ1) is 8.89. The molecule has 0 bridgehead atoms. The van der Waals surface area contributed by atoms with E-state index < -0.39 is 24.0 Å². The van der Waals surface area contributed by atoms with Crippen molar-refractivity contribution in [2.45, 2.75) is 38.4 Å². The smallest absolute Gasteiger partial charge is 0.297 e. The molecule has 1 fully saturated rings. The van der Waals surface area contributed by atoms with Gasteiger partial charge in [0, 0.05) is 12.0 Å². The lowest BCUT2D eigenvalue weighted by Crippen LogP contribution is -2.31. The maximum Gasteiger partial charge on any atom is 0.431 e. The lowest BCUT2D eigenvalue weighted by Gasteiger charge is -2.16. The summed E-state index contributed by atoms with van der Waals surface area (Å²) in [6.45, 7) is -0.487. The summed E-state index contributed by atoms with van der Waals surface area (Å²) in [5, 5.41) is 0. The second kappa shape index (κ2) is 5.19. The van der Waals surface area contributed by atoms with E-state index in [-0.39, 0.29) is 11.7 Å². The number of alkyl halides is 3. The van der Waals surface area contributed by atoms with Crippen LogP contribution in [-0.2, 0) is 17.5 Å². The van der Waals surface area contributed by atoms with E-state index in [4.69, 9.17) is 0 Å². The van der Waals surface area contributed by atoms with Gasteiger partial charge in [0.25, 0.3) is 5.56 Å². The van der Waals surface area contributed by atoms with Gasteiger partial charge in [-0.1, -0.05) is 18.9 Å². The highest BCUT2D eigenvalue weighted by molar-refractivity contribution is 5.81. The lowest BCUT2D eigenvalue weighted by molar-refractivity contribution is -0.145. The molecule has 0 aliphatic heterocycles. The highest BCUT2D eigenvalue weighted by atomic mass is 19.4. The molecule has 1 aliphatic carbocycles. The predicted molar refractivity (Wildman–Crippen MR) is 62.7 cm³/mol. The summed E-state index contributed by atoms with van der Waals surface area (Å²) < 4.78 is 38.9. The zero-order chi connectivity index (χ0) is 14.0. The van der Waals surface area contributed by atoms with Crippen LogP contribution in [0.4, 0.5) is 13.2 Å². The molecule has 6 heteroatoms. The zero-order valence-corrected chi connectivity index (χ0v) is 10.2. The average molecular weight is 273 g/mol. The van der Waals surface area contributed by atoms with Crippen LogP contribution in [0.3, 0.4) is 0 Å². The molecule has 0 spiro atoms. The van der Waals surface area contributed by atoms with E-state index in [1.165, 1.54) is 0 Å². The normalized spacial score (nSPS) is 16.8. The molecule has 2 rings (SSSR count). The number of aromatic nitrogens is 1. The van der Waals surface area contributed by atoms with Crippen LogP contribution in [0.1, 0.15) is 31.4 Å². The van der Waals surface area contributed by atoms with Crippen molar-refractivity contribution in [2.24, 2.45) is 5.92 Å². The molecule has 0 N–H and O–H groups in total. The first kappa shape index (κ1) is 13.8. The average Bonchev–Trinajstić information content (AvgIpc) is 2.83. The molecule has 19 heavy (non-hydrogen) atoms. The predicted octanol–water partition coefficient (Wildman–Crippen LogP) is 2.63. The van der Waals surface area contributed by atoms with E-state index in [1.807, 2.05) is 0 Å². The summed E-state index contributed by atoms with van der Waals surface area (Å²) in [7, 11) is 0. The van der Waals surface area contributed by atoms with Crippen LogP contribution in [0.5, 0.6) is 0 Å². The Balaban J connectivity index is 2.29. The third-order valence-electron chi connectivity index (χ3n) is 3.46. The maximum absolute atomic E-state index is 12.8. The third-order valence-corrected chi connectivity index (χ3v) is 3.46. The summed E-state index contributed by atoms with van der Waals surface area (Å²) in [4.78, 5) is 23.5. The number of rotatable bonds is 3. The van der Waals surface area contributed by atoms with Gasteiger partial charge in [0.1, 0.15) is 5.69 Å². The van der Waals surface area contributed by atoms with Gasteiger partial charge in [-0.25, -0.2) is 0 Å². The molecule has 1 aliphatic rings. The van der Waals surface area contributed by atoms with Gasteiger partial charge < -0.3 is 0 Å². The van der Waals surface area contributed by atoms with Crippen molar-refractivity contribution in [3.05, 3.63) is 34.2 Å². The van der Waals surface area contributed by atoms with Gasteiger partial charge in [0.05, 0.1) is 6.54 Å². The summed E-state index contributed by atoms with van der Waals surface area (Å²) in [6, 6.07) is 2.92. The Hall–Kier alpha value is -1.59. The van der Waals surface area contributed by atoms with Gasteiger partial charge in [-0.05, 0) is 18.9 Å². The highest BCUT2D eigenvalue weighted by Crippen LogP contribution is 2.29. The number of hydrogen-bond donors (Lipinski definition) is 0. The SMILES string of the molecule is O=C(Cn1c(C(F)(F)F)cccc1=O)C1CCCC1. The lowest BCUT2D eigenvalue weighted by atomic mass is 10.0. The molecule has 1 aromatic heterocycles. The highest BCUT2D eigenvalue weighted by Gasteiger charge is 2.35. The second-order valence-corrected chi connectivity index (χ2v) is 4.78. The summed E-state index contributed by atoms with van der Waals surface area (Å²) >= 11 is 0. The minimum Gasteiger partial charge on any atom is -0.297 e. The van der Waals surface area contributed by atoms with Crippen LogP contribution < -0.4 is 5.56 Å².